The van der Waals surface area contributed by atoms with Gasteiger partial charge in [-0.2, -0.15) is 0 Å². The number of hydrogen-bond acceptors (Lipinski definition) is 11. The topological polar surface area (TPSA) is 90.4 Å². The van der Waals surface area contributed by atoms with Gasteiger partial charge in [0.1, 0.15) is 42.0 Å². The molecule has 0 radical (unpaired) electrons. The van der Waals surface area contributed by atoms with Gasteiger partial charge in [-0.1, -0.05) is 24.4 Å². The minimum absolute atomic E-state index is 0.0223. The van der Waals surface area contributed by atoms with E-state index in [0.29, 0.717) is 64.9 Å². The van der Waals surface area contributed by atoms with E-state index in [1.807, 2.05) is 16.4 Å². The molecule has 10 nitrogen and oxygen atoms in total. The number of halogens is 1. The Labute approximate surface area is 231 Å². The normalized spacial score (nSPS) is 18.6. The summed E-state index contributed by atoms with van der Waals surface area (Å²) in [4.78, 5) is 11.5. The van der Waals surface area contributed by atoms with E-state index in [-0.39, 0.29) is 12.9 Å². The number of ether oxygens (including phenoxy) is 5. The quantitative estimate of drug-likeness (QED) is 0.392. The van der Waals surface area contributed by atoms with Crippen molar-refractivity contribution in [1.29, 1.82) is 0 Å². The van der Waals surface area contributed by atoms with E-state index in [1.54, 1.807) is 12.1 Å². The molecule has 2 fully saturated rings. The van der Waals surface area contributed by atoms with Crippen LogP contribution in [-0.4, -0.2) is 84.6 Å². The van der Waals surface area contributed by atoms with E-state index in [1.165, 1.54) is 6.33 Å². The van der Waals surface area contributed by atoms with Crippen LogP contribution in [0.1, 0.15) is 12.8 Å². The Hall–Kier alpha value is -2.70. The lowest BCUT2D eigenvalue weighted by Gasteiger charge is -2.31. The van der Waals surface area contributed by atoms with Crippen LogP contribution in [0.4, 0.5) is 11.5 Å². The van der Waals surface area contributed by atoms with Crippen molar-refractivity contribution in [3.63, 3.8) is 0 Å². The molecule has 6 rings (SSSR count). The summed E-state index contributed by atoms with van der Waals surface area (Å²) in [5.74, 6) is 3.08. The third-order valence-corrected chi connectivity index (χ3v) is 7.61. The van der Waals surface area contributed by atoms with Crippen molar-refractivity contribution in [2.24, 2.45) is 0 Å². The van der Waals surface area contributed by atoms with Gasteiger partial charge in [0.15, 0.2) is 11.5 Å². The largest absolute Gasteiger partial charge is 0.492 e. The van der Waals surface area contributed by atoms with Gasteiger partial charge in [-0.3, -0.25) is 9.21 Å². The van der Waals surface area contributed by atoms with Crippen molar-refractivity contribution >= 4 is 46.8 Å². The molecular formula is C26H30ClN5O5S. The van der Waals surface area contributed by atoms with Crippen LogP contribution >= 0.6 is 24.4 Å². The summed E-state index contributed by atoms with van der Waals surface area (Å²) in [6, 6.07) is 7.40. The number of benzene rings is 2. The molecule has 0 spiro atoms. The Kier molecular flexibility index (Phi) is 7.80. The summed E-state index contributed by atoms with van der Waals surface area (Å²) in [6.45, 7) is 6.72. The first-order chi connectivity index (χ1) is 18.6. The minimum Gasteiger partial charge on any atom is -0.492 e. The van der Waals surface area contributed by atoms with E-state index in [2.05, 4.69) is 33.0 Å². The van der Waals surface area contributed by atoms with E-state index in [9.17, 15) is 0 Å². The summed E-state index contributed by atoms with van der Waals surface area (Å²) >= 11 is 11.0. The number of nitrogens with one attached hydrogen (secondary N) is 1. The molecule has 3 aliphatic rings. The van der Waals surface area contributed by atoms with Gasteiger partial charge < -0.3 is 29.0 Å². The van der Waals surface area contributed by atoms with E-state index >= 15 is 0 Å². The van der Waals surface area contributed by atoms with Crippen LogP contribution in [0.15, 0.2) is 30.6 Å². The van der Waals surface area contributed by atoms with E-state index in [0.717, 1.165) is 51.0 Å². The van der Waals surface area contributed by atoms with Crippen LogP contribution in [-0.2, 0) is 4.74 Å². The first-order valence-electron chi connectivity index (χ1n) is 12.8. The third kappa shape index (κ3) is 5.67. The predicted molar refractivity (Wildman–Crippen MR) is 147 cm³/mol. The van der Waals surface area contributed by atoms with Gasteiger partial charge in [0.2, 0.25) is 6.79 Å². The van der Waals surface area contributed by atoms with Crippen LogP contribution < -0.4 is 24.3 Å². The summed E-state index contributed by atoms with van der Waals surface area (Å²) in [5, 5.41) is 4.58. The molecule has 202 valence electrons. The molecule has 0 amide bonds. The summed E-state index contributed by atoms with van der Waals surface area (Å²) < 4.78 is 31.5. The molecule has 3 aliphatic heterocycles. The van der Waals surface area contributed by atoms with Crippen LogP contribution in [0.2, 0.25) is 5.02 Å². The first kappa shape index (κ1) is 25.6. The molecule has 2 aromatic carbocycles. The second-order valence-electron chi connectivity index (χ2n) is 9.39. The van der Waals surface area contributed by atoms with Crippen LogP contribution in [0.3, 0.4) is 0 Å². The molecule has 0 unspecified atom stereocenters. The van der Waals surface area contributed by atoms with E-state index < -0.39 is 0 Å². The lowest BCUT2D eigenvalue weighted by atomic mass is 10.1. The Morgan fingerprint density at radius 2 is 1.92 bits per heavy atom. The zero-order valence-corrected chi connectivity index (χ0v) is 22.5. The van der Waals surface area contributed by atoms with Gasteiger partial charge in [0.25, 0.3) is 0 Å². The molecule has 0 atom stereocenters. The highest BCUT2D eigenvalue weighted by Crippen LogP contribution is 2.46. The highest BCUT2D eigenvalue weighted by Gasteiger charge is 2.24. The highest BCUT2D eigenvalue weighted by atomic mass is 35.5. The van der Waals surface area contributed by atoms with Gasteiger partial charge in [-0.25, -0.2) is 9.97 Å². The maximum absolute atomic E-state index is 6.54. The van der Waals surface area contributed by atoms with Crippen LogP contribution in [0, 0.1) is 0 Å². The summed E-state index contributed by atoms with van der Waals surface area (Å²) in [7, 11) is 0. The number of fused-ring (bicyclic) bond motifs is 2. The number of piperazine rings is 1. The smallest absolute Gasteiger partial charge is 0.231 e. The second kappa shape index (κ2) is 11.6. The van der Waals surface area contributed by atoms with Crippen LogP contribution in [0.25, 0.3) is 10.9 Å². The Bertz CT molecular complexity index is 1290. The predicted octanol–water partition coefficient (Wildman–Crippen LogP) is 4.15. The summed E-state index contributed by atoms with van der Waals surface area (Å²) in [6.07, 6.45) is 3.15. The first-order valence-corrected chi connectivity index (χ1v) is 13.6. The van der Waals surface area contributed by atoms with Crippen molar-refractivity contribution in [1.82, 2.24) is 19.2 Å². The Morgan fingerprint density at radius 1 is 1.08 bits per heavy atom. The molecule has 2 saturated heterocycles. The zero-order valence-electron chi connectivity index (χ0n) is 20.9. The fourth-order valence-corrected chi connectivity index (χ4v) is 5.19. The maximum atomic E-state index is 6.54. The Balaban J connectivity index is 1.29. The van der Waals surface area contributed by atoms with Crippen molar-refractivity contribution in [2.45, 2.75) is 18.9 Å². The average Bonchev–Trinajstić information content (AvgIpc) is 3.41. The number of thiol groups is 1. The monoisotopic (exact) mass is 559 g/mol. The lowest BCUT2D eigenvalue weighted by molar-refractivity contribution is 0.0261. The number of anilines is 2. The van der Waals surface area contributed by atoms with E-state index in [4.69, 9.17) is 35.3 Å². The molecule has 38 heavy (non-hydrogen) atoms. The minimum atomic E-state index is 0.0223. The fraction of sp³-hybridized carbons (Fsp3) is 0.462. The molecule has 12 heteroatoms. The van der Waals surface area contributed by atoms with Crippen molar-refractivity contribution in [2.75, 3.05) is 64.7 Å². The SMILES string of the molecule is SN1CCN(CCOc2cc(OC3CCOCC3)c3c(Nc4c(Cl)ccc5c4OCO5)ncnc3c2)CC1. The molecule has 1 N–H and O–H groups in total. The van der Waals surface area contributed by atoms with Gasteiger partial charge in [-0.05, 0) is 12.1 Å². The number of rotatable bonds is 8. The van der Waals surface area contributed by atoms with Gasteiger partial charge in [0, 0.05) is 57.7 Å². The van der Waals surface area contributed by atoms with Gasteiger partial charge in [-0.15, -0.1) is 0 Å². The zero-order chi connectivity index (χ0) is 25.9. The number of hydrogen-bond donors (Lipinski definition) is 2. The standard InChI is InChI=1S/C26H30ClN5O5S/c27-19-1-2-21-25(36-16-35-21)24(19)30-26-23-20(28-15-29-26)13-18(14-22(23)37-17-3-10-33-11-4-17)34-12-9-31-5-7-32(38)8-6-31/h1-2,13-15,17,38H,3-12,16H2,(H,28,29,30). The Morgan fingerprint density at radius 3 is 2.76 bits per heavy atom. The molecule has 0 saturated carbocycles. The van der Waals surface area contributed by atoms with Crippen LogP contribution in [0.5, 0.6) is 23.0 Å². The second-order valence-corrected chi connectivity index (χ2v) is 10.4. The third-order valence-electron chi connectivity index (χ3n) is 6.89. The molecule has 1 aromatic heterocycles. The van der Waals surface area contributed by atoms with Gasteiger partial charge in [0.05, 0.1) is 29.1 Å². The summed E-state index contributed by atoms with van der Waals surface area (Å²) in [5.41, 5.74) is 1.28. The molecule has 3 aromatic rings. The average molecular weight is 560 g/mol. The molecule has 0 bridgehead atoms. The lowest BCUT2D eigenvalue weighted by Crippen LogP contribution is -2.43. The molecular weight excluding hydrogens is 530 g/mol. The molecule has 0 aliphatic carbocycles. The highest BCUT2D eigenvalue weighted by molar-refractivity contribution is 7.77. The number of nitrogens with zero attached hydrogens (tertiary/aromatic N) is 4. The number of aromatic nitrogens is 2. The maximum Gasteiger partial charge on any atom is 0.231 e. The van der Waals surface area contributed by atoms with Crippen molar-refractivity contribution < 1.29 is 23.7 Å². The fourth-order valence-electron chi connectivity index (χ4n) is 4.81. The van der Waals surface area contributed by atoms with Gasteiger partial charge >= 0.3 is 0 Å². The van der Waals surface area contributed by atoms with Crippen molar-refractivity contribution in [3.05, 3.63) is 35.6 Å². The van der Waals surface area contributed by atoms with Crippen molar-refractivity contribution in [3.8, 4) is 23.0 Å². The molecule has 4 heterocycles.